The van der Waals surface area contributed by atoms with Gasteiger partial charge in [-0.3, -0.25) is 0 Å². The van der Waals surface area contributed by atoms with E-state index in [9.17, 15) is 5.11 Å². The molecule has 0 bridgehead atoms. The van der Waals surface area contributed by atoms with Gasteiger partial charge in [-0.1, -0.05) is 30.3 Å². The van der Waals surface area contributed by atoms with E-state index in [0.717, 1.165) is 0 Å². The maximum Gasteiger partial charge on any atom is 2.00 e. The molecular formula is C10H14MgO. The molecule has 12 heavy (non-hydrogen) atoms. The summed E-state index contributed by atoms with van der Waals surface area (Å²) in [6, 6.07) is 8.33. The summed E-state index contributed by atoms with van der Waals surface area (Å²) in [7, 11) is 0. The Balaban J connectivity index is 0. The number of para-hydroxylation sites is 1. The van der Waals surface area contributed by atoms with Crippen molar-refractivity contribution in [2.24, 2.45) is 0 Å². The Kier molecular flexibility index (Phi) is 10.6. The van der Waals surface area contributed by atoms with Crippen LogP contribution in [0.2, 0.25) is 0 Å². The molecule has 0 aliphatic carbocycles. The SMILES string of the molecule is C[C-](C)C.[Mg+2].[O-]c1ccccc1. The van der Waals surface area contributed by atoms with Crippen molar-refractivity contribution in [1.29, 1.82) is 0 Å². The van der Waals surface area contributed by atoms with Gasteiger partial charge in [0.15, 0.2) is 0 Å². The van der Waals surface area contributed by atoms with Crippen molar-refractivity contribution >= 4 is 23.1 Å². The first kappa shape index (κ1) is 14.3. The van der Waals surface area contributed by atoms with Gasteiger partial charge in [-0.05, 0) is 0 Å². The van der Waals surface area contributed by atoms with E-state index in [2.05, 4.69) is 20.8 Å². The van der Waals surface area contributed by atoms with Crippen molar-refractivity contribution in [1.82, 2.24) is 0 Å². The van der Waals surface area contributed by atoms with Crippen molar-refractivity contribution < 1.29 is 5.11 Å². The fourth-order valence-corrected chi connectivity index (χ4v) is 0.420. The zero-order valence-electron chi connectivity index (χ0n) is 8.00. The molecule has 0 spiro atoms. The van der Waals surface area contributed by atoms with Gasteiger partial charge in [-0.2, -0.15) is 20.8 Å². The molecule has 0 amide bonds. The van der Waals surface area contributed by atoms with Crippen molar-refractivity contribution in [3.05, 3.63) is 36.2 Å². The van der Waals surface area contributed by atoms with Gasteiger partial charge in [0.25, 0.3) is 0 Å². The van der Waals surface area contributed by atoms with E-state index in [1.807, 2.05) is 6.07 Å². The van der Waals surface area contributed by atoms with Crippen LogP contribution in [-0.4, -0.2) is 23.1 Å². The first-order valence-electron chi connectivity index (χ1n) is 3.61. The van der Waals surface area contributed by atoms with E-state index < -0.39 is 0 Å². The van der Waals surface area contributed by atoms with Crippen LogP contribution in [0.4, 0.5) is 0 Å². The van der Waals surface area contributed by atoms with Crippen molar-refractivity contribution in [3.63, 3.8) is 0 Å². The van der Waals surface area contributed by atoms with Gasteiger partial charge in [0.2, 0.25) is 0 Å². The van der Waals surface area contributed by atoms with Crippen LogP contribution in [0.25, 0.3) is 0 Å². The van der Waals surface area contributed by atoms with Gasteiger partial charge in [0, 0.05) is 0 Å². The first-order chi connectivity index (χ1) is 5.13. The van der Waals surface area contributed by atoms with Gasteiger partial charge in [0.05, 0.1) is 0 Å². The van der Waals surface area contributed by atoms with E-state index in [1.165, 1.54) is 18.1 Å². The summed E-state index contributed by atoms with van der Waals surface area (Å²) in [5.74, 6) is 1.49. The number of hydrogen-bond donors (Lipinski definition) is 0. The molecule has 0 N–H and O–H groups in total. The quantitative estimate of drug-likeness (QED) is 0.436. The molecule has 1 nitrogen and oxygen atoms in total. The monoisotopic (exact) mass is 174 g/mol. The van der Waals surface area contributed by atoms with Crippen LogP contribution in [-0.2, 0) is 0 Å². The molecule has 0 fully saturated rings. The normalized spacial score (nSPS) is 8.00. The molecule has 0 unspecified atom stereocenters. The number of rotatable bonds is 0. The molecule has 2 heteroatoms. The molecule has 0 heterocycles. The second-order valence-electron chi connectivity index (χ2n) is 2.81. The van der Waals surface area contributed by atoms with Crippen LogP contribution in [0.15, 0.2) is 30.3 Å². The van der Waals surface area contributed by atoms with Crippen molar-refractivity contribution in [3.8, 4) is 5.75 Å². The van der Waals surface area contributed by atoms with Crippen molar-refractivity contribution in [2.45, 2.75) is 20.8 Å². The van der Waals surface area contributed by atoms with E-state index in [0.29, 0.717) is 0 Å². The fourth-order valence-electron chi connectivity index (χ4n) is 0.420. The molecule has 0 aliphatic heterocycles. The Morgan fingerprint density at radius 3 is 1.50 bits per heavy atom. The zero-order valence-corrected chi connectivity index (χ0v) is 9.42. The molecule has 0 saturated heterocycles. The van der Waals surface area contributed by atoms with Gasteiger partial charge < -0.3 is 11.0 Å². The first-order valence-corrected chi connectivity index (χ1v) is 3.61. The molecule has 1 rings (SSSR count). The summed E-state index contributed by atoms with van der Waals surface area (Å²) in [5.41, 5.74) is 0. The molecule has 0 aliphatic rings. The topological polar surface area (TPSA) is 23.1 Å². The second-order valence-corrected chi connectivity index (χ2v) is 2.81. The van der Waals surface area contributed by atoms with Gasteiger partial charge in [-0.25, -0.2) is 0 Å². The summed E-state index contributed by atoms with van der Waals surface area (Å²) in [4.78, 5) is 0. The van der Waals surface area contributed by atoms with Gasteiger partial charge >= 0.3 is 23.1 Å². The minimum atomic E-state index is 0. The van der Waals surface area contributed by atoms with Crippen LogP contribution < -0.4 is 5.11 Å². The third-order valence-electron chi connectivity index (χ3n) is 0.743. The van der Waals surface area contributed by atoms with E-state index >= 15 is 0 Å². The Morgan fingerprint density at radius 2 is 1.33 bits per heavy atom. The Morgan fingerprint density at radius 1 is 1.00 bits per heavy atom. The second kappa shape index (κ2) is 8.88. The molecule has 62 valence electrons. The standard InChI is InChI=1S/C6H6O.C4H9.Mg/c7-6-4-2-1-3-5-6;1-4(2)3;/h1-5,7H;1-3H3;/q;-1;+2/p-1. The Bertz CT molecular complexity index is 170. The van der Waals surface area contributed by atoms with Crippen molar-refractivity contribution in [2.75, 3.05) is 0 Å². The summed E-state index contributed by atoms with van der Waals surface area (Å²) in [6.07, 6.45) is 0. The van der Waals surface area contributed by atoms with E-state index in [4.69, 9.17) is 0 Å². The molecular weight excluding hydrogens is 160 g/mol. The molecule has 0 saturated carbocycles. The zero-order chi connectivity index (χ0) is 8.69. The van der Waals surface area contributed by atoms with Crippen LogP contribution >= 0.6 is 0 Å². The Hall–Kier alpha value is -0.214. The number of benzene rings is 1. The summed E-state index contributed by atoms with van der Waals surface area (Å²) in [6.45, 7) is 6.25. The maximum atomic E-state index is 10.3. The predicted octanol–water partition coefficient (Wildman–Crippen LogP) is 2.00. The summed E-state index contributed by atoms with van der Waals surface area (Å²) < 4.78 is 0. The molecule has 0 aromatic heterocycles. The van der Waals surface area contributed by atoms with E-state index in [-0.39, 0.29) is 28.8 Å². The smallest absolute Gasteiger partial charge is 0.872 e. The molecule has 0 atom stereocenters. The van der Waals surface area contributed by atoms with Crippen LogP contribution in [0, 0.1) is 5.92 Å². The largest absolute Gasteiger partial charge is 2.00 e. The minimum absolute atomic E-state index is 0. The average Bonchev–Trinajstić information content (AvgIpc) is 1.87. The number of hydrogen-bond acceptors (Lipinski definition) is 1. The summed E-state index contributed by atoms with van der Waals surface area (Å²) in [5, 5.41) is 10.3. The fraction of sp³-hybridized carbons (Fsp3) is 0.300. The van der Waals surface area contributed by atoms with Crippen LogP contribution in [0.3, 0.4) is 0 Å². The molecule has 1 aromatic rings. The summed E-state index contributed by atoms with van der Waals surface area (Å²) >= 11 is 0. The van der Waals surface area contributed by atoms with E-state index in [1.54, 1.807) is 12.1 Å². The molecule has 0 radical (unpaired) electrons. The minimum Gasteiger partial charge on any atom is -0.872 e. The van der Waals surface area contributed by atoms with Crippen LogP contribution in [0.1, 0.15) is 20.8 Å². The average molecular weight is 175 g/mol. The van der Waals surface area contributed by atoms with Gasteiger partial charge in [-0.15, -0.1) is 5.75 Å². The molecule has 1 aromatic carbocycles. The Labute approximate surface area is 91.0 Å². The third kappa shape index (κ3) is 12.5. The van der Waals surface area contributed by atoms with Crippen LogP contribution in [0.5, 0.6) is 5.75 Å². The van der Waals surface area contributed by atoms with Gasteiger partial charge in [0.1, 0.15) is 0 Å². The predicted molar refractivity (Wildman–Crippen MR) is 51.9 cm³/mol. The third-order valence-corrected chi connectivity index (χ3v) is 0.743. The maximum absolute atomic E-state index is 10.3.